The molecule has 1 aromatic rings. The topological polar surface area (TPSA) is 20.2 Å². The zero-order chi connectivity index (χ0) is 9.84. The fourth-order valence-electron chi connectivity index (χ4n) is 1.31. The molecule has 0 saturated carbocycles. The predicted octanol–water partition coefficient (Wildman–Crippen LogP) is 2.34. The molecule has 0 heterocycles. The van der Waals surface area contributed by atoms with E-state index < -0.39 is 19.0 Å². The summed E-state index contributed by atoms with van der Waals surface area (Å²) in [5.41, 5.74) is 1.32. The van der Waals surface area contributed by atoms with Gasteiger partial charge in [0.25, 0.3) is 0 Å². The molecule has 0 aromatic heterocycles. The SMILES string of the molecule is Cc1ccccc1C(CF)C(O)F. The highest BCUT2D eigenvalue weighted by Gasteiger charge is 2.21. The van der Waals surface area contributed by atoms with Crippen molar-refractivity contribution in [1.82, 2.24) is 0 Å². The Morgan fingerprint density at radius 2 is 2.00 bits per heavy atom. The van der Waals surface area contributed by atoms with Crippen molar-refractivity contribution in [3.8, 4) is 0 Å². The maximum Gasteiger partial charge on any atom is 0.205 e. The van der Waals surface area contributed by atoms with E-state index in [0.29, 0.717) is 5.56 Å². The molecule has 0 aliphatic carbocycles. The van der Waals surface area contributed by atoms with E-state index >= 15 is 0 Å². The Kier molecular flexibility index (Phi) is 3.37. The van der Waals surface area contributed by atoms with Crippen LogP contribution in [0.5, 0.6) is 0 Å². The van der Waals surface area contributed by atoms with Gasteiger partial charge in [-0.05, 0) is 18.1 Å². The second-order valence-corrected chi connectivity index (χ2v) is 2.99. The minimum atomic E-state index is -2.13. The van der Waals surface area contributed by atoms with Crippen LogP contribution in [0.1, 0.15) is 17.0 Å². The molecule has 1 N–H and O–H groups in total. The summed E-state index contributed by atoms with van der Waals surface area (Å²) >= 11 is 0. The molecule has 0 saturated heterocycles. The minimum absolute atomic E-state index is 0.528. The number of aliphatic hydroxyl groups is 1. The molecule has 1 nitrogen and oxygen atoms in total. The van der Waals surface area contributed by atoms with Crippen LogP contribution in [0.4, 0.5) is 8.78 Å². The molecule has 0 aliphatic rings. The predicted molar refractivity (Wildman–Crippen MR) is 47.0 cm³/mol. The van der Waals surface area contributed by atoms with Gasteiger partial charge in [0, 0.05) is 0 Å². The average Bonchev–Trinajstić information content (AvgIpc) is 2.09. The second kappa shape index (κ2) is 4.33. The van der Waals surface area contributed by atoms with Gasteiger partial charge in [0.15, 0.2) is 0 Å². The summed E-state index contributed by atoms with van der Waals surface area (Å²) in [7, 11) is 0. The summed E-state index contributed by atoms with van der Waals surface area (Å²) in [5, 5.41) is 8.68. The molecule has 2 atom stereocenters. The van der Waals surface area contributed by atoms with Crippen molar-refractivity contribution in [2.45, 2.75) is 19.2 Å². The molecule has 0 fully saturated rings. The van der Waals surface area contributed by atoms with E-state index in [1.807, 2.05) is 0 Å². The van der Waals surface area contributed by atoms with Crippen LogP contribution in [-0.2, 0) is 0 Å². The van der Waals surface area contributed by atoms with Crippen molar-refractivity contribution in [2.24, 2.45) is 0 Å². The third-order valence-corrected chi connectivity index (χ3v) is 2.09. The lowest BCUT2D eigenvalue weighted by Gasteiger charge is -2.15. The molecule has 0 bridgehead atoms. The Balaban J connectivity index is 2.97. The fraction of sp³-hybridized carbons (Fsp3) is 0.400. The monoisotopic (exact) mass is 186 g/mol. The number of aliphatic hydroxyl groups excluding tert-OH is 1. The number of hydrogen-bond acceptors (Lipinski definition) is 1. The number of rotatable bonds is 3. The van der Waals surface area contributed by atoms with Crippen molar-refractivity contribution >= 4 is 0 Å². The summed E-state index contributed by atoms with van der Waals surface area (Å²) in [6, 6.07) is 6.88. The first-order chi connectivity index (χ1) is 6.16. The molecule has 0 radical (unpaired) electrons. The van der Waals surface area contributed by atoms with Gasteiger partial charge in [-0.2, -0.15) is 0 Å². The molecule has 0 amide bonds. The Hall–Kier alpha value is -0.960. The van der Waals surface area contributed by atoms with Gasteiger partial charge in [-0.25, -0.2) is 4.39 Å². The number of alkyl halides is 2. The van der Waals surface area contributed by atoms with Crippen molar-refractivity contribution in [1.29, 1.82) is 0 Å². The van der Waals surface area contributed by atoms with Gasteiger partial charge in [-0.15, -0.1) is 0 Å². The van der Waals surface area contributed by atoms with Gasteiger partial charge in [-0.3, -0.25) is 4.39 Å². The van der Waals surface area contributed by atoms with E-state index in [4.69, 9.17) is 5.11 Å². The minimum Gasteiger partial charge on any atom is -0.364 e. The van der Waals surface area contributed by atoms with Crippen LogP contribution >= 0.6 is 0 Å². The first-order valence-electron chi connectivity index (χ1n) is 4.10. The summed E-state index contributed by atoms with van der Waals surface area (Å²) < 4.78 is 24.9. The molecule has 0 aliphatic heterocycles. The van der Waals surface area contributed by atoms with Crippen molar-refractivity contribution in [3.05, 3.63) is 35.4 Å². The molecule has 72 valence electrons. The van der Waals surface area contributed by atoms with Gasteiger partial charge in [0.2, 0.25) is 6.36 Å². The highest BCUT2D eigenvalue weighted by atomic mass is 19.2. The molecule has 2 unspecified atom stereocenters. The third-order valence-electron chi connectivity index (χ3n) is 2.09. The standard InChI is InChI=1S/C10H12F2O/c1-7-4-2-3-5-8(7)9(6-11)10(12)13/h2-5,9-10,13H,6H2,1H3. The molecule has 0 spiro atoms. The van der Waals surface area contributed by atoms with Crippen LogP contribution in [0.2, 0.25) is 0 Å². The van der Waals surface area contributed by atoms with Gasteiger partial charge in [0.1, 0.15) is 6.67 Å². The fourth-order valence-corrected chi connectivity index (χ4v) is 1.31. The number of hydrogen-bond donors (Lipinski definition) is 1. The number of aryl methyl sites for hydroxylation is 1. The highest BCUT2D eigenvalue weighted by Crippen LogP contribution is 2.24. The van der Waals surface area contributed by atoms with Gasteiger partial charge >= 0.3 is 0 Å². The van der Waals surface area contributed by atoms with Crippen molar-refractivity contribution < 1.29 is 13.9 Å². The first kappa shape index (κ1) is 10.1. The molecular formula is C10H12F2O. The zero-order valence-corrected chi connectivity index (χ0v) is 7.37. The largest absolute Gasteiger partial charge is 0.364 e. The molecule has 13 heavy (non-hydrogen) atoms. The van der Waals surface area contributed by atoms with E-state index in [1.54, 1.807) is 31.2 Å². The van der Waals surface area contributed by atoms with Crippen molar-refractivity contribution in [2.75, 3.05) is 6.67 Å². The highest BCUT2D eigenvalue weighted by molar-refractivity contribution is 5.29. The summed E-state index contributed by atoms with van der Waals surface area (Å²) in [5.74, 6) is -1.05. The van der Waals surface area contributed by atoms with Gasteiger partial charge < -0.3 is 5.11 Å². The van der Waals surface area contributed by atoms with E-state index in [1.165, 1.54) is 0 Å². The van der Waals surface area contributed by atoms with E-state index in [0.717, 1.165) is 5.56 Å². The maximum absolute atomic E-state index is 12.5. The molecular weight excluding hydrogens is 174 g/mol. The third kappa shape index (κ3) is 2.25. The Labute approximate surface area is 76.0 Å². The van der Waals surface area contributed by atoms with Crippen LogP contribution in [0.15, 0.2) is 24.3 Å². The van der Waals surface area contributed by atoms with Crippen LogP contribution in [0, 0.1) is 6.92 Å². The average molecular weight is 186 g/mol. The number of benzene rings is 1. The van der Waals surface area contributed by atoms with Crippen molar-refractivity contribution in [3.63, 3.8) is 0 Å². The van der Waals surface area contributed by atoms with E-state index in [-0.39, 0.29) is 0 Å². The Morgan fingerprint density at radius 3 is 2.46 bits per heavy atom. The smallest absolute Gasteiger partial charge is 0.205 e. The number of halogens is 2. The lowest BCUT2D eigenvalue weighted by atomic mass is 9.96. The van der Waals surface area contributed by atoms with Crippen LogP contribution in [-0.4, -0.2) is 18.1 Å². The van der Waals surface area contributed by atoms with Gasteiger partial charge in [-0.1, -0.05) is 24.3 Å². The summed E-state index contributed by atoms with van der Waals surface area (Å²) in [4.78, 5) is 0. The Bertz CT molecular complexity index is 273. The van der Waals surface area contributed by atoms with Crippen LogP contribution in [0.3, 0.4) is 0 Å². The lowest BCUT2D eigenvalue weighted by molar-refractivity contribution is 0.00937. The molecule has 1 rings (SSSR count). The van der Waals surface area contributed by atoms with Crippen LogP contribution < -0.4 is 0 Å². The first-order valence-corrected chi connectivity index (χ1v) is 4.10. The Morgan fingerprint density at radius 1 is 1.38 bits per heavy atom. The lowest BCUT2D eigenvalue weighted by Crippen LogP contribution is -2.16. The van der Waals surface area contributed by atoms with E-state index in [9.17, 15) is 8.78 Å². The quantitative estimate of drug-likeness (QED) is 0.768. The zero-order valence-electron chi connectivity index (χ0n) is 7.37. The maximum atomic E-state index is 12.5. The molecule has 1 aromatic carbocycles. The van der Waals surface area contributed by atoms with Gasteiger partial charge in [0.05, 0.1) is 5.92 Å². The van der Waals surface area contributed by atoms with Crippen LogP contribution in [0.25, 0.3) is 0 Å². The van der Waals surface area contributed by atoms with E-state index in [2.05, 4.69) is 0 Å². The normalized spacial score (nSPS) is 15.4. The summed E-state index contributed by atoms with van der Waals surface area (Å²) in [6.45, 7) is 0.878. The second-order valence-electron chi connectivity index (χ2n) is 2.99. The summed E-state index contributed by atoms with van der Waals surface area (Å²) in [6.07, 6.45) is -2.13. The molecule has 3 heteroatoms.